The van der Waals surface area contributed by atoms with Crippen molar-refractivity contribution >= 4 is 6.47 Å². The highest BCUT2D eigenvalue weighted by Crippen LogP contribution is 0.754. The monoisotopic (exact) mass is 61.0 g/mol. The van der Waals surface area contributed by atoms with Crippen LogP contribution in [0.3, 0.4) is 0 Å². The van der Waals surface area contributed by atoms with Gasteiger partial charge in [-0.3, -0.25) is 0 Å². The zero-order chi connectivity index (χ0) is 2.71. The summed E-state index contributed by atoms with van der Waals surface area (Å²) in [5, 5.41) is 8.25. The lowest BCUT2D eigenvalue weighted by Gasteiger charge is -1.52. The van der Waals surface area contributed by atoms with Crippen LogP contribution >= 0.6 is 0 Å². The average Bonchev–Trinajstić information content (AvgIpc) is 0.918. The van der Waals surface area contributed by atoms with E-state index >= 15 is 0 Å². The van der Waals surface area contributed by atoms with Crippen molar-refractivity contribution in [3.63, 3.8) is 0 Å². The summed E-state index contributed by atoms with van der Waals surface area (Å²) in [6.45, 7) is -0.500. The molecule has 0 saturated carbocycles. The quantitative estimate of drug-likeness (QED) is 0.337. The van der Waals surface area contributed by atoms with Crippen LogP contribution in [0.4, 0.5) is 0 Å². The minimum atomic E-state index is -0.500. The molecular formula is C2H5O2-. The Balaban J connectivity index is 0. The van der Waals surface area contributed by atoms with Crippen LogP contribution in [-0.2, 0) is 4.79 Å². The maximum atomic E-state index is 8.25. The summed E-state index contributed by atoms with van der Waals surface area (Å²) in [5.41, 5.74) is 0. The van der Waals surface area contributed by atoms with Gasteiger partial charge < -0.3 is 9.90 Å². The number of rotatable bonds is 0. The maximum absolute atomic E-state index is 8.25. The highest BCUT2D eigenvalue weighted by atomic mass is 16.3. The Hall–Kier alpha value is -0.530. The first-order valence-electron chi connectivity index (χ1n) is 0.471. The number of carboxylic acid groups (broad SMARTS) is 1. The Labute approximate surface area is 25.1 Å². The van der Waals surface area contributed by atoms with E-state index in [-0.39, 0.29) is 7.43 Å². The standard InChI is InChI=1S/CH2O2.CH4/c2-1-3;/h1H,(H,2,3);1H4/p-1. The number of hydrogen-bond acceptors (Lipinski definition) is 2. The summed E-state index contributed by atoms with van der Waals surface area (Å²) in [7, 11) is 0. The normalized spacial score (nSPS) is 3.00. The maximum Gasteiger partial charge on any atom is 0.0275 e. The summed E-state index contributed by atoms with van der Waals surface area (Å²) in [6.07, 6.45) is 0. The van der Waals surface area contributed by atoms with E-state index < -0.39 is 6.47 Å². The van der Waals surface area contributed by atoms with Crippen LogP contribution in [0.2, 0.25) is 0 Å². The molecule has 0 aromatic carbocycles. The highest BCUT2D eigenvalue weighted by molar-refractivity contribution is 5.29. The van der Waals surface area contributed by atoms with Gasteiger partial charge in [-0.2, -0.15) is 0 Å². The summed E-state index contributed by atoms with van der Waals surface area (Å²) in [4.78, 5) is 8.25. The van der Waals surface area contributed by atoms with Crippen LogP contribution in [-0.4, -0.2) is 6.47 Å². The van der Waals surface area contributed by atoms with Gasteiger partial charge in [0.05, 0.1) is 0 Å². The first-order chi connectivity index (χ1) is 1.41. The van der Waals surface area contributed by atoms with Crippen molar-refractivity contribution in [2.45, 2.75) is 7.43 Å². The lowest BCUT2D eigenvalue weighted by Crippen LogP contribution is -2.01. The summed E-state index contributed by atoms with van der Waals surface area (Å²) >= 11 is 0. The molecule has 0 heterocycles. The van der Waals surface area contributed by atoms with Gasteiger partial charge in [-0.15, -0.1) is 0 Å². The zero-order valence-corrected chi connectivity index (χ0v) is 1.39. The van der Waals surface area contributed by atoms with Gasteiger partial charge in [-0.05, 0) is 0 Å². The molecule has 0 amide bonds. The van der Waals surface area contributed by atoms with E-state index in [4.69, 9.17) is 9.90 Å². The number of hydrogen-bond donors (Lipinski definition) is 0. The predicted molar refractivity (Wildman–Crippen MR) is 12.8 cm³/mol. The molecule has 2 nitrogen and oxygen atoms in total. The second-order valence-corrected chi connectivity index (χ2v) is 0.0962. The van der Waals surface area contributed by atoms with Crippen molar-refractivity contribution in [2.75, 3.05) is 0 Å². The van der Waals surface area contributed by atoms with Crippen LogP contribution < -0.4 is 5.11 Å². The lowest BCUT2D eigenvalue weighted by atomic mass is 11.7. The molecule has 0 saturated heterocycles. The third-order valence-electron chi connectivity index (χ3n) is 0. The van der Waals surface area contributed by atoms with Gasteiger partial charge in [-0.1, -0.05) is 7.43 Å². The van der Waals surface area contributed by atoms with Crippen molar-refractivity contribution in [3.8, 4) is 0 Å². The van der Waals surface area contributed by atoms with Crippen LogP contribution in [0.15, 0.2) is 0 Å². The number of carbonyl (C=O) groups is 1. The predicted octanol–water partition coefficient (Wildman–Crippen LogP) is -0.998. The first-order valence-corrected chi connectivity index (χ1v) is 0.471. The van der Waals surface area contributed by atoms with Crippen molar-refractivity contribution < 1.29 is 9.90 Å². The molecule has 0 N–H and O–H groups in total. The Morgan fingerprint density at radius 2 is 1.75 bits per heavy atom. The fourth-order valence-electron chi connectivity index (χ4n) is 0. The van der Waals surface area contributed by atoms with Gasteiger partial charge in [0.1, 0.15) is 0 Å². The molecule has 26 valence electrons. The fraction of sp³-hybridized carbons (Fsp3) is 0.500. The second kappa shape index (κ2) is 24.2. The molecule has 0 bridgehead atoms. The van der Waals surface area contributed by atoms with Gasteiger partial charge >= 0.3 is 0 Å². The van der Waals surface area contributed by atoms with E-state index in [1.807, 2.05) is 0 Å². The summed E-state index contributed by atoms with van der Waals surface area (Å²) < 4.78 is 0. The largest absolute Gasteiger partial charge is 0.554 e. The van der Waals surface area contributed by atoms with E-state index in [1.54, 1.807) is 0 Å². The van der Waals surface area contributed by atoms with E-state index in [1.165, 1.54) is 0 Å². The molecule has 0 aliphatic heterocycles. The average molecular weight is 61.1 g/mol. The van der Waals surface area contributed by atoms with Gasteiger partial charge in [0.15, 0.2) is 0 Å². The Morgan fingerprint density at radius 3 is 1.75 bits per heavy atom. The minimum Gasteiger partial charge on any atom is -0.554 e. The first kappa shape index (κ1) is 9.80. The van der Waals surface area contributed by atoms with Crippen molar-refractivity contribution in [1.29, 1.82) is 0 Å². The molecule has 0 aliphatic carbocycles. The van der Waals surface area contributed by atoms with Crippen molar-refractivity contribution in [2.24, 2.45) is 0 Å². The van der Waals surface area contributed by atoms with Crippen LogP contribution in [0.25, 0.3) is 0 Å². The van der Waals surface area contributed by atoms with E-state index in [0.717, 1.165) is 0 Å². The minimum absolute atomic E-state index is 0. The summed E-state index contributed by atoms with van der Waals surface area (Å²) in [5.74, 6) is 0. The fourth-order valence-corrected chi connectivity index (χ4v) is 0. The molecule has 0 aromatic rings. The Morgan fingerprint density at radius 1 is 1.75 bits per heavy atom. The molecular weight excluding hydrogens is 56.0 g/mol. The highest BCUT2D eigenvalue weighted by Gasteiger charge is 0.996. The molecule has 0 spiro atoms. The molecule has 0 atom stereocenters. The van der Waals surface area contributed by atoms with Crippen molar-refractivity contribution in [3.05, 3.63) is 0 Å². The Kier molecular flexibility index (Phi) is 59.2. The Bertz CT molecular complexity index is 11.5. The third-order valence-corrected chi connectivity index (χ3v) is 0. The smallest absolute Gasteiger partial charge is 0.0275 e. The molecule has 0 rings (SSSR count). The van der Waals surface area contributed by atoms with Gasteiger partial charge in [0, 0.05) is 6.47 Å². The van der Waals surface area contributed by atoms with Crippen LogP contribution in [0, 0.1) is 0 Å². The third kappa shape index (κ3) is 1.16. The molecule has 0 fully saturated rings. The second-order valence-electron chi connectivity index (χ2n) is 0.0962. The van der Waals surface area contributed by atoms with Crippen LogP contribution in [0.5, 0.6) is 0 Å². The number of carbonyl (C=O) groups excluding carboxylic acids is 1. The van der Waals surface area contributed by atoms with Gasteiger partial charge in [0.25, 0.3) is 0 Å². The van der Waals surface area contributed by atoms with Crippen LogP contribution in [0.1, 0.15) is 7.43 Å². The van der Waals surface area contributed by atoms with Crippen molar-refractivity contribution in [1.82, 2.24) is 0 Å². The molecule has 0 unspecified atom stereocenters. The molecule has 0 radical (unpaired) electrons. The van der Waals surface area contributed by atoms with Gasteiger partial charge in [-0.25, -0.2) is 0 Å². The van der Waals surface area contributed by atoms with Gasteiger partial charge in [0.2, 0.25) is 0 Å². The lowest BCUT2D eigenvalue weighted by molar-refractivity contribution is -0.283. The molecule has 2 heteroatoms. The van der Waals surface area contributed by atoms with E-state index in [0.29, 0.717) is 0 Å². The van der Waals surface area contributed by atoms with E-state index in [2.05, 4.69) is 0 Å². The van der Waals surface area contributed by atoms with E-state index in [9.17, 15) is 0 Å². The molecule has 0 aromatic heterocycles. The SMILES string of the molecule is C.O=C[O-]. The molecule has 4 heavy (non-hydrogen) atoms. The summed E-state index contributed by atoms with van der Waals surface area (Å²) in [6, 6.07) is 0. The topological polar surface area (TPSA) is 40.1 Å². The zero-order valence-electron chi connectivity index (χ0n) is 1.39. The molecule has 0 aliphatic rings.